The summed E-state index contributed by atoms with van der Waals surface area (Å²) >= 11 is 0. The van der Waals surface area contributed by atoms with E-state index in [4.69, 9.17) is 4.74 Å². The second kappa shape index (κ2) is 5.61. The minimum absolute atomic E-state index is 0.0490. The summed E-state index contributed by atoms with van der Waals surface area (Å²) in [5.74, 6) is 0.744. The fourth-order valence-electron chi connectivity index (χ4n) is 2.34. The van der Waals surface area contributed by atoms with Crippen molar-refractivity contribution in [3.8, 4) is 5.75 Å². The van der Waals surface area contributed by atoms with Gasteiger partial charge in [-0.25, -0.2) is 0 Å². The average molecular weight is 263 g/mol. The topological polar surface area (TPSA) is 49.8 Å². The van der Waals surface area contributed by atoms with Crippen LogP contribution in [-0.4, -0.2) is 40.7 Å². The third kappa shape index (κ3) is 3.07. The van der Waals surface area contributed by atoms with Gasteiger partial charge in [-0.15, -0.1) is 0 Å². The zero-order valence-corrected chi connectivity index (χ0v) is 11.7. The molecule has 19 heavy (non-hydrogen) atoms. The molecule has 0 bridgehead atoms. The van der Waals surface area contributed by atoms with Crippen molar-refractivity contribution in [1.29, 1.82) is 0 Å². The van der Waals surface area contributed by atoms with E-state index in [1.165, 1.54) is 0 Å². The van der Waals surface area contributed by atoms with Gasteiger partial charge in [0.2, 0.25) is 0 Å². The number of carbonyl (C=O) groups excluding carboxylic acids is 1. The van der Waals surface area contributed by atoms with Crippen LogP contribution in [0.5, 0.6) is 5.75 Å². The molecule has 0 spiro atoms. The van der Waals surface area contributed by atoms with Gasteiger partial charge in [0.25, 0.3) is 5.91 Å². The smallest absolute Gasteiger partial charge is 0.264 e. The molecule has 1 aromatic carbocycles. The first-order valence-electron chi connectivity index (χ1n) is 6.72. The van der Waals surface area contributed by atoms with Gasteiger partial charge in [0.15, 0.2) is 6.10 Å². The number of hydrogen-bond acceptors (Lipinski definition) is 3. The molecule has 0 aromatic heterocycles. The van der Waals surface area contributed by atoms with Gasteiger partial charge in [-0.2, -0.15) is 0 Å². The Hall–Kier alpha value is -1.55. The summed E-state index contributed by atoms with van der Waals surface area (Å²) in [5, 5.41) is 9.50. The number of aliphatic hydroxyl groups is 1. The van der Waals surface area contributed by atoms with Crippen LogP contribution in [0.25, 0.3) is 0 Å². The quantitative estimate of drug-likeness (QED) is 0.898. The first-order chi connectivity index (χ1) is 8.99. The van der Waals surface area contributed by atoms with Crippen LogP contribution in [0.15, 0.2) is 24.3 Å². The second-order valence-corrected chi connectivity index (χ2v) is 5.35. The molecule has 1 aliphatic heterocycles. The van der Waals surface area contributed by atoms with E-state index in [0.29, 0.717) is 13.0 Å². The fraction of sp³-hybridized carbons (Fsp3) is 0.533. The molecule has 2 rings (SSSR count). The summed E-state index contributed by atoms with van der Waals surface area (Å²) in [6.07, 6.45) is -0.383. The van der Waals surface area contributed by atoms with E-state index in [9.17, 15) is 9.90 Å². The van der Waals surface area contributed by atoms with E-state index in [1.807, 2.05) is 38.1 Å². The third-order valence-electron chi connectivity index (χ3n) is 3.29. The van der Waals surface area contributed by atoms with Crippen LogP contribution in [-0.2, 0) is 11.2 Å². The fourth-order valence-corrected chi connectivity index (χ4v) is 2.34. The molecule has 1 heterocycles. The van der Waals surface area contributed by atoms with Crippen molar-refractivity contribution in [2.24, 2.45) is 0 Å². The van der Waals surface area contributed by atoms with Crippen molar-refractivity contribution >= 4 is 5.91 Å². The molecule has 1 aromatic rings. The molecule has 1 N–H and O–H groups in total. The van der Waals surface area contributed by atoms with Crippen molar-refractivity contribution in [3.63, 3.8) is 0 Å². The highest BCUT2D eigenvalue weighted by Gasteiger charge is 2.33. The SMILES string of the molecule is CC(O)CN(C(=O)C1Cc2ccccc2O1)C(C)C. The maximum atomic E-state index is 12.5. The summed E-state index contributed by atoms with van der Waals surface area (Å²) in [6, 6.07) is 7.77. The number of fused-ring (bicyclic) bond motifs is 1. The molecule has 1 aliphatic rings. The highest BCUT2D eigenvalue weighted by molar-refractivity contribution is 5.83. The van der Waals surface area contributed by atoms with Gasteiger partial charge in [-0.1, -0.05) is 18.2 Å². The van der Waals surface area contributed by atoms with Crippen LogP contribution in [0.3, 0.4) is 0 Å². The van der Waals surface area contributed by atoms with Crippen molar-refractivity contribution in [1.82, 2.24) is 4.90 Å². The van der Waals surface area contributed by atoms with Crippen LogP contribution in [0.1, 0.15) is 26.3 Å². The summed E-state index contributed by atoms with van der Waals surface area (Å²) in [5.41, 5.74) is 1.07. The normalized spacial score (nSPS) is 18.9. The van der Waals surface area contributed by atoms with E-state index in [0.717, 1.165) is 11.3 Å². The van der Waals surface area contributed by atoms with Gasteiger partial charge in [0.1, 0.15) is 5.75 Å². The molecule has 0 radical (unpaired) electrons. The number of hydrogen-bond donors (Lipinski definition) is 1. The molecule has 104 valence electrons. The lowest BCUT2D eigenvalue weighted by molar-refractivity contribution is -0.141. The standard InChI is InChI=1S/C15H21NO3/c1-10(2)16(9-11(3)17)15(18)14-8-12-6-4-5-7-13(12)19-14/h4-7,10-11,14,17H,8-9H2,1-3H3. The van der Waals surface area contributed by atoms with Crippen LogP contribution < -0.4 is 4.74 Å². The number of aliphatic hydroxyl groups excluding tert-OH is 1. The van der Waals surface area contributed by atoms with Crippen molar-refractivity contribution < 1.29 is 14.6 Å². The lowest BCUT2D eigenvalue weighted by atomic mass is 10.1. The predicted octanol–water partition coefficient (Wildman–Crippen LogP) is 1.61. The Kier molecular flexibility index (Phi) is 4.10. The Morgan fingerprint density at radius 3 is 2.68 bits per heavy atom. The molecular formula is C15H21NO3. The Bertz CT molecular complexity index is 431. The number of amides is 1. The number of ether oxygens (including phenoxy) is 1. The monoisotopic (exact) mass is 263 g/mol. The van der Waals surface area contributed by atoms with E-state index < -0.39 is 12.2 Å². The number of nitrogens with zero attached hydrogens (tertiary/aromatic N) is 1. The summed E-state index contributed by atoms with van der Waals surface area (Å²) in [7, 11) is 0. The van der Waals surface area contributed by atoms with Crippen molar-refractivity contribution in [2.45, 2.75) is 45.4 Å². The maximum Gasteiger partial charge on any atom is 0.264 e. The predicted molar refractivity (Wildman–Crippen MR) is 73.1 cm³/mol. The molecule has 0 fully saturated rings. The lowest BCUT2D eigenvalue weighted by Gasteiger charge is -2.30. The zero-order valence-electron chi connectivity index (χ0n) is 11.7. The Balaban J connectivity index is 2.08. The van der Waals surface area contributed by atoms with Gasteiger partial charge in [0.05, 0.1) is 6.10 Å². The molecule has 2 atom stereocenters. The number of carbonyl (C=O) groups is 1. The van der Waals surface area contributed by atoms with Crippen LogP contribution in [0.2, 0.25) is 0 Å². The largest absolute Gasteiger partial charge is 0.480 e. The zero-order chi connectivity index (χ0) is 14.0. The Morgan fingerprint density at radius 1 is 1.42 bits per heavy atom. The van der Waals surface area contributed by atoms with Crippen LogP contribution in [0.4, 0.5) is 0 Å². The maximum absolute atomic E-state index is 12.5. The highest BCUT2D eigenvalue weighted by atomic mass is 16.5. The number of benzene rings is 1. The van der Waals surface area contributed by atoms with Crippen LogP contribution in [0, 0.1) is 0 Å². The summed E-state index contributed by atoms with van der Waals surface area (Å²) in [4.78, 5) is 14.2. The average Bonchev–Trinajstić information content (AvgIpc) is 2.78. The second-order valence-electron chi connectivity index (χ2n) is 5.35. The lowest BCUT2D eigenvalue weighted by Crippen LogP contribution is -2.47. The van der Waals surface area contributed by atoms with Gasteiger partial charge < -0.3 is 14.7 Å². The molecule has 0 saturated carbocycles. The van der Waals surface area contributed by atoms with E-state index >= 15 is 0 Å². The Morgan fingerprint density at radius 2 is 2.11 bits per heavy atom. The molecule has 4 heteroatoms. The molecule has 2 unspecified atom stereocenters. The minimum atomic E-state index is -0.532. The number of rotatable bonds is 4. The molecule has 0 aliphatic carbocycles. The first kappa shape index (κ1) is 13.9. The highest BCUT2D eigenvalue weighted by Crippen LogP contribution is 2.29. The van der Waals surface area contributed by atoms with E-state index in [-0.39, 0.29) is 11.9 Å². The summed E-state index contributed by atoms with van der Waals surface area (Å²) < 4.78 is 5.71. The Labute approximate surface area is 114 Å². The first-order valence-corrected chi connectivity index (χ1v) is 6.72. The molecule has 4 nitrogen and oxygen atoms in total. The van der Waals surface area contributed by atoms with E-state index in [1.54, 1.807) is 11.8 Å². The number of para-hydroxylation sites is 1. The van der Waals surface area contributed by atoms with Crippen LogP contribution >= 0.6 is 0 Å². The van der Waals surface area contributed by atoms with Gasteiger partial charge in [-0.3, -0.25) is 4.79 Å². The van der Waals surface area contributed by atoms with Crippen molar-refractivity contribution in [2.75, 3.05) is 6.54 Å². The van der Waals surface area contributed by atoms with E-state index in [2.05, 4.69) is 0 Å². The molecule has 1 amide bonds. The van der Waals surface area contributed by atoms with Gasteiger partial charge in [0, 0.05) is 19.0 Å². The summed E-state index contributed by atoms with van der Waals surface area (Å²) in [6.45, 7) is 5.92. The molecular weight excluding hydrogens is 242 g/mol. The van der Waals surface area contributed by atoms with Gasteiger partial charge >= 0.3 is 0 Å². The minimum Gasteiger partial charge on any atom is -0.480 e. The molecule has 0 saturated heterocycles. The van der Waals surface area contributed by atoms with Crippen molar-refractivity contribution in [3.05, 3.63) is 29.8 Å². The third-order valence-corrected chi connectivity index (χ3v) is 3.29. The van der Waals surface area contributed by atoms with Gasteiger partial charge in [-0.05, 0) is 32.4 Å².